The Morgan fingerprint density at radius 3 is 2.73 bits per heavy atom. The van der Waals surface area contributed by atoms with Gasteiger partial charge in [-0.15, -0.1) is 11.6 Å². The van der Waals surface area contributed by atoms with Crippen LogP contribution >= 0.6 is 11.6 Å². The molecule has 5 heteroatoms. The summed E-state index contributed by atoms with van der Waals surface area (Å²) in [6.45, 7) is 0. The Hall–Kier alpha value is -0.770. The van der Waals surface area contributed by atoms with E-state index < -0.39 is 6.04 Å². The minimum absolute atomic E-state index is 0.224. The summed E-state index contributed by atoms with van der Waals surface area (Å²) in [6, 6.07) is -0.505. The van der Waals surface area contributed by atoms with Crippen LogP contribution in [0.25, 0.3) is 0 Å². The van der Waals surface area contributed by atoms with Crippen LogP contribution in [-0.4, -0.2) is 31.3 Å². The van der Waals surface area contributed by atoms with Crippen molar-refractivity contribution in [2.75, 3.05) is 12.9 Å². The quantitative estimate of drug-likeness (QED) is 0.440. The number of nitrogens with one attached hydrogen (secondary N) is 2. The number of amides is 2. The molecule has 2 N–H and O–H groups in total. The maximum absolute atomic E-state index is 10.9. The van der Waals surface area contributed by atoms with Gasteiger partial charge in [0.15, 0.2) is 0 Å². The van der Waals surface area contributed by atoms with E-state index in [1.54, 1.807) is 0 Å². The van der Waals surface area contributed by atoms with Crippen molar-refractivity contribution < 1.29 is 9.59 Å². The molecule has 0 spiro atoms. The number of alkyl halides is 1. The number of likely N-dealkylation sites (N-methyl/N-ethyl adjacent to an activating group) is 1. The third kappa shape index (κ3) is 3.83. The first-order valence-corrected chi connectivity index (χ1v) is 3.77. The van der Waals surface area contributed by atoms with Crippen molar-refractivity contribution in [1.29, 1.82) is 0 Å². The highest BCUT2D eigenvalue weighted by Gasteiger charge is 2.14. The van der Waals surface area contributed by atoms with Crippen LogP contribution in [0.1, 0.15) is 6.42 Å². The van der Waals surface area contributed by atoms with Gasteiger partial charge < -0.3 is 10.6 Å². The van der Waals surface area contributed by atoms with Crippen molar-refractivity contribution in [3.63, 3.8) is 0 Å². The van der Waals surface area contributed by atoms with Gasteiger partial charge in [-0.3, -0.25) is 9.59 Å². The normalized spacial score (nSPS) is 11.8. The molecule has 1 unspecified atom stereocenters. The molecular weight excluding hydrogens is 168 g/mol. The molecule has 0 heterocycles. The average Bonchev–Trinajstić information content (AvgIpc) is 2.03. The lowest BCUT2D eigenvalue weighted by Gasteiger charge is -2.11. The van der Waals surface area contributed by atoms with Crippen LogP contribution in [0, 0.1) is 0 Å². The van der Waals surface area contributed by atoms with Crippen LogP contribution in [0.5, 0.6) is 0 Å². The molecular formula is C6H11ClN2O2. The molecule has 0 aromatic heterocycles. The van der Waals surface area contributed by atoms with Crippen molar-refractivity contribution in [3.8, 4) is 0 Å². The Kier molecular flexibility index (Phi) is 5.56. The first-order chi connectivity index (χ1) is 5.26. The van der Waals surface area contributed by atoms with Crippen LogP contribution in [0.4, 0.5) is 0 Å². The van der Waals surface area contributed by atoms with Crippen molar-refractivity contribution in [3.05, 3.63) is 0 Å². The second-order valence-electron chi connectivity index (χ2n) is 1.93. The number of rotatable bonds is 5. The lowest BCUT2D eigenvalue weighted by molar-refractivity contribution is -0.124. The van der Waals surface area contributed by atoms with Gasteiger partial charge in [-0.1, -0.05) is 0 Å². The highest BCUT2D eigenvalue weighted by Crippen LogP contribution is 1.93. The molecule has 0 aliphatic heterocycles. The Morgan fingerprint density at radius 1 is 1.73 bits per heavy atom. The van der Waals surface area contributed by atoms with Gasteiger partial charge >= 0.3 is 0 Å². The van der Waals surface area contributed by atoms with Gasteiger partial charge in [-0.05, 0) is 6.42 Å². The molecule has 64 valence electrons. The Morgan fingerprint density at radius 2 is 2.36 bits per heavy atom. The van der Waals surface area contributed by atoms with Gasteiger partial charge in [0.1, 0.15) is 6.04 Å². The van der Waals surface area contributed by atoms with Gasteiger partial charge in [0, 0.05) is 12.9 Å². The summed E-state index contributed by atoms with van der Waals surface area (Å²) >= 11 is 5.40. The summed E-state index contributed by atoms with van der Waals surface area (Å²) in [7, 11) is 1.51. The highest BCUT2D eigenvalue weighted by molar-refractivity contribution is 6.18. The Labute approximate surface area is 70.3 Å². The molecule has 0 aromatic carbocycles. The first kappa shape index (κ1) is 10.2. The van der Waals surface area contributed by atoms with Crippen molar-refractivity contribution in [2.45, 2.75) is 12.5 Å². The van der Waals surface area contributed by atoms with Crippen molar-refractivity contribution in [1.82, 2.24) is 10.6 Å². The monoisotopic (exact) mass is 178 g/mol. The SMILES string of the molecule is CNC(=O)C(CCCl)NC=O. The summed E-state index contributed by atoms with van der Waals surface area (Å²) < 4.78 is 0. The van der Waals surface area contributed by atoms with Crippen LogP contribution < -0.4 is 10.6 Å². The molecule has 2 amide bonds. The lowest BCUT2D eigenvalue weighted by atomic mass is 10.2. The van der Waals surface area contributed by atoms with E-state index in [2.05, 4.69) is 10.6 Å². The summed E-state index contributed by atoms with van der Waals surface area (Å²) in [5.74, 6) is 0.122. The summed E-state index contributed by atoms with van der Waals surface area (Å²) in [6.07, 6.45) is 0.937. The first-order valence-electron chi connectivity index (χ1n) is 3.23. The largest absolute Gasteiger partial charge is 0.357 e. The van der Waals surface area contributed by atoms with Gasteiger partial charge in [0.25, 0.3) is 0 Å². The van der Waals surface area contributed by atoms with E-state index in [4.69, 9.17) is 11.6 Å². The predicted octanol–water partition coefficient (Wildman–Crippen LogP) is -0.524. The molecule has 0 aromatic rings. The summed E-state index contributed by atoms with van der Waals surface area (Å²) in [5, 5.41) is 4.77. The number of carbonyl (C=O) groups excluding carboxylic acids is 2. The maximum Gasteiger partial charge on any atom is 0.242 e. The minimum Gasteiger partial charge on any atom is -0.357 e. The van der Waals surface area contributed by atoms with Gasteiger partial charge in [0.05, 0.1) is 0 Å². The molecule has 0 radical (unpaired) electrons. The van der Waals surface area contributed by atoms with E-state index in [-0.39, 0.29) is 5.91 Å². The zero-order chi connectivity index (χ0) is 8.69. The third-order valence-electron chi connectivity index (χ3n) is 1.23. The van der Waals surface area contributed by atoms with E-state index in [1.165, 1.54) is 7.05 Å². The van der Waals surface area contributed by atoms with E-state index in [0.717, 1.165) is 0 Å². The van der Waals surface area contributed by atoms with Gasteiger partial charge in [-0.25, -0.2) is 0 Å². The second-order valence-corrected chi connectivity index (χ2v) is 2.31. The highest BCUT2D eigenvalue weighted by atomic mass is 35.5. The molecule has 0 saturated carbocycles. The summed E-state index contributed by atoms with van der Waals surface area (Å²) in [5.41, 5.74) is 0. The van der Waals surface area contributed by atoms with E-state index in [1.807, 2.05) is 0 Å². The Balaban J connectivity index is 3.86. The fraction of sp³-hybridized carbons (Fsp3) is 0.667. The van der Waals surface area contributed by atoms with Crippen LogP contribution in [0.3, 0.4) is 0 Å². The number of hydrogen-bond acceptors (Lipinski definition) is 2. The molecule has 1 atom stereocenters. The van der Waals surface area contributed by atoms with E-state index >= 15 is 0 Å². The zero-order valence-electron chi connectivity index (χ0n) is 6.26. The predicted molar refractivity (Wildman–Crippen MR) is 42.4 cm³/mol. The van der Waals surface area contributed by atoms with Crippen LogP contribution in [-0.2, 0) is 9.59 Å². The van der Waals surface area contributed by atoms with Crippen LogP contribution in [0.15, 0.2) is 0 Å². The second kappa shape index (κ2) is 5.97. The van der Waals surface area contributed by atoms with Crippen molar-refractivity contribution >= 4 is 23.9 Å². The Bertz CT molecular complexity index is 141. The summed E-state index contributed by atoms with van der Waals surface area (Å²) in [4.78, 5) is 20.9. The lowest BCUT2D eigenvalue weighted by Crippen LogP contribution is -2.42. The molecule has 4 nitrogen and oxygen atoms in total. The number of carbonyl (C=O) groups is 2. The van der Waals surface area contributed by atoms with E-state index in [9.17, 15) is 9.59 Å². The van der Waals surface area contributed by atoms with Gasteiger partial charge in [-0.2, -0.15) is 0 Å². The number of halogens is 1. The third-order valence-corrected chi connectivity index (χ3v) is 1.45. The molecule has 0 bridgehead atoms. The van der Waals surface area contributed by atoms with Gasteiger partial charge in [0.2, 0.25) is 12.3 Å². The standard InChI is InChI=1S/C6H11ClN2O2/c1-8-6(11)5(2-3-7)9-4-10/h4-5H,2-3H2,1H3,(H,8,11)(H,9,10). The smallest absolute Gasteiger partial charge is 0.242 e. The molecule has 11 heavy (non-hydrogen) atoms. The molecule has 0 saturated heterocycles. The topological polar surface area (TPSA) is 58.2 Å². The molecule has 0 fully saturated rings. The fourth-order valence-corrected chi connectivity index (χ4v) is 0.874. The van der Waals surface area contributed by atoms with Crippen LogP contribution in [0.2, 0.25) is 0 Å². The maximum atomic E-state index is 10.9. The fourth-order valence-electron chi connectivity index (χ4n) is 0.656. The number of hydrogen-bond donors (Lipinski definition) is 2. The van der Waals surface area contributed by atoms with Crippen molar-refractivity contribution in [2.24, 2.45) is 0 Å². The van der Waals surface area contributed by atoms with E-state index in [0.29, 0.717) is 18.7 Å². The molecule has 0 aliphatic rings. The molecule has 0 aliphatic carbocycles. The molecule has 0 rings (SSSR count). The zero-order valence-corrected chi connectivity index (χ0v) is 7.02. The average molecular weight is 179 g/mol. The minimum atomic E-state index is -0.505.